The first kappa shape index (κ1) is 16.9. The molecule has 0 spiro atoms. The van der Waals surface area contributed by atoms with Gasteiger partial charge < -0.3 is 10.6 Å². The molecule has 0 aliphatic rings. The monoisotopic (exact) mass is 352 g/mol. The maximum Gasteiger partial charge on any atom is 0.254 e. The molecule has 0 aliphatic heterocycles. The molecule has 6 heteroatoms. The number of carbonyl (C=O) groups is 1. The molecular weight excluding hydrogens is 336 g/mol. The number of carbonyl (C=O) groups excluding carboxylic acids is 1. The Morgan fingerprint density at radius 3 is 2.44 bits per heavy atom. The number of amides is 1. The maximum atomic E-state index is 12.3. The van der Waals surface area contributed by atoms with Crippen molar-refractivity contribution in [3.8, 4) is 0 Å². The summed E-state index contributed by atoms with van der Waals surface area (Å²) in [5.41, 5.74) is 2.22. The van der Waals surface area contributed by atoms with Gasteiger partial charge in [0.2, 0.25) is 5.95 Å². The van der Waals surface area contributed by atoms with Crippen LogP contribution in [0.2, 0.25) is 5.02 Å². The molecule has 25 heavy (non-hydrogen) atoms. The van der Waals surface area contributed by atoms with E-state index in [0.29, 0.717) is 16.5 Å². The third kappa shape index (κ3) is 4.55. The van der Waals surface area contributed by atoms with E-state index in [4.69, 9.17) is 11.6 Å². The second-order valence-corrected chi connectivity index (χ2v) is 5.97. The van der Waals surface area contributed by atoms with Gasteiger partial charge in [0.15, 0.2) is 0 Å². The summed E-state index contributed by atoms with van der Waals surface area (Å²) in [5.74, 6) is 0.181. The summed E-state index contributed by atoms with van der Waals surface area (Å²) in [4.78, 5) is 20.7. The zero-order valence-corrected chi connectivity index (χ0v) is 14.4. The quantitative estimate of drug-likeness (QED) is 0.715. The lowest BCUT2D eigenvalue weighted by molar-refractivity contribution is 0.0939. The molecule has 0 bridgehead atoms. The third-order valence-electron chi connectivity index (χ3n) is 3.64. The Morgan fingerprint density at radius 1 is 1.04 bits per heavy atom. The average molecular weight is 353 g/mol. The lowest BCUT2D eigenvalue weighted by Gasteiger charge is -2.14. The minimum Gasteiger partial charge on any atom is -0.345 e. The van der Waals surface area contributed by atoms with E-state index in [2.05, 4.69) is 20.6 Å². The Hall–Kier alpha value is -2.92. The van der Waals surface area contributed by atoms with Crippen LogP contribution in [-0.2, 0) is 0 Å². The molecule has 1 heterocycles. The first-order valence-corrected chi connectivity index (χ1v) is 8.20. The highest BCUT2D eigenvalue weighted by Crippen LogP contribution is 2.18. The number of rotatable bonds is 5. The van der Waals surface area contributed by atoms with Crippen LogP contribution in [0.4, 0.5) is 11.6 Å². The molecule has 0 saturated heterocycles. The summed E-state index contributed by atoms with van der Waals surface area (Å²) in [7, 11) is 0. The number of anilines is 2. The van der Waals surface area contributed by atoms with Crippen molar-refractivity contribution < 1.29 is 4.79 Å². The number of hydrogen-bond acceptors (Lipinski definition) is 4. The average Bonchev–Trinajstić information content (AvgIpc) is 2.63. The van der Waals surface area contributed by atoms with Crippen LogP contribution in [0.25, 0.3) is 0 Å². The van der Waals surface area contributed by atoms with E-state index >= 15 is 0 Å². The van der Waals surface area contributed by atoms with Gasteiger partial charge in [-0.1, -0.05) is 48.0 Å². The second kappa shape index (κ2) is 7.77. The molecule has 0 saturated carbocycles. The zero-order valence-electron chi connectivity index (χ0n) is 13.6. The first-order valence-electron chi connectivity index (χ1n) is 7.82. The number of aromatic nitrogens is 2. The molecule has 0 radical (unpaired) electrons. The first-order chi connectivity index (χ1) is 12.1. The van der Waals surface area contributed by atoms with Crippen molar-refractivity contribution in [3.05, 3.63) is 83.1 Å². The van der Waals surface area contributed by atoms with Gasteiger partial charge in [-0.2, -0.15) is 0 Å². The van der Waals surface area contributed by atoms with Crippen molar-refractivity contribution in [3.63, 3.8) is 0 Å². The molecule has 5 nitrogen and oxygen atoms in total. The number of halogens is 1. The van der Waals surface area contributed by atoms with Crippen LogP contribution < -0.4 is 10.6 Å². The predicted octanol–water partition coefficient (Wildman–Crippen LogP) is 4.36. The van der Waals surface area contributed by atoms with Crippen LogP contribution in [0, 0.1) is 0 Å². The molecule has 2 aromatic carbocycles. The molecule has 0 aliphatic carbocycles. The van der Waals surface area contributed by atoms with E-state index in [-0.39, 0.29) is 11.9 Å². The standard InChI is InChI=1S/C19H17ClN4O/c1-13(14-6-3-2-4-7-14)23-18(25)15-11-21-19(22-12-15)24-17-9-5-8-16(20)10-17/h2-13H,1H3,(H,23,25)(H,21,22,24). The van der Waals surface area contributed by atoms with Crippen LogP contribution in [0.1, 0.15) is 28.9 Å². The topological polar surface area (TPSA) is 66.9 Å². The molecule has 1 aromatic heterocycles. The Kier molecular flexibility index (Phi) is 5.26. The van der Waals surface area contributed by atoms with Crippen molar-refractivity contribution in [1.29, 1.82) is 0 Å². The van der Waals surface area contributed by atoms with Gasteiger partial charge in [0.05, 0.1) is 11.6 Å². The minimum absolute atomic E-state index is 0.0991. The van der Waals surface area contributed by atoms with Gasteiger partial charge in [0, 0.05) is 23.1 Å². The van der Waals surface area contributed by atoms with E-state index < -0.39 is 0 Å². The summed E-state index contributed by atoms with van der Waals surface area (Å²) in [6.07, 6.45) is 2.99. The summed E-state index contributed by atoms with van der Waals surface area (Å²) in [6, 6.07) is 16.9. The van der Waals surface area contributed by atoms with Crippen LogP contribution in [-0.4, -0.2) is 15.9 Å². The van der Waals surface area contributed by atoms with E-state index in [0.717, 1.165) is 11.3 Å². The summed E-state index contributed by atoms with van der Waals surface area (Å²) in [6.45, 7) is 1.93. The van der Waals surface area contributed by atoms with Gasteiger partial charge in [-0.3, -0.25) is 4.79 Å². The van der Waals surface area contributed by atoms with Crippen LogP contribution in [0.5, 0.6) is 0 Å². The highest BCUT2D eigenvalue weighted by molar-refractivity contribution is 6.30. The van der Waals surface area contributed by atoms with Crippen LogP contribution >= 0.6 is 11.6 Å². The van der Waals surface area contributed by atoms with Gasteiger partial charge in [-0.25, -0.2) is 9.97 Å². The molecule has 2 N–H and O–H groups in total. The van der Waals surface area contributed by atoms with Crippen LogP contribution in [0.3, 0.4) is 0 Å². The molecule has 3 aromatic rings. The van der Waals surface area contributed by atoms with Gasteiger partial charge in [-0.05, 0) is 30.7 Å². The Bertz CT molecular complexity index is 853. The molecule has 1 unspecified atom stereocenters. The molecule has 0 fully saturated rings. The lowest BCUT2D eigenvalue weighted by atomic mass is 10.1. The fourth-order valence-corrected chi connectivity index (χ4v) is 2.50. The zero-order chi connectivity index (χ0) is 17.6. The summed E-state index contributed by atoms with van der Waals surface area (Å²) >= 11 is 5.94. The molecule has 1 atom stereocenters. The van der Waals surface area contributed by atoms with E-state index in [9.17, 15) is 4.79 Å². The van der Waals surface area contributed by atoms with Crippen molar-refractivity contribution >= 4 is 29.1 Å². The van der Waals surface area contributed by atoms with E-state index in [1.165, 1.54) is 12.4 Å². The summed E-state index contributed by atoms with van der Waals surface area (Å²) in [5, 5.41) is 6.59. The molecule has 3 rings (SSSR count). The number of hydrogen-bond donors (Lipinski definition) is 2. The van der Waals surface area contributed by atoms with Gasteiger partial charge in [0.1, 0.15) is 0 Å². The lowest BCUT2D eigenvalue weighted by Crippen LogP contribution is -2.26. The largest absolute Gasteiger partial charge is 0.345 e. The number of benzene rings is 2. The normalized spacial score (nSPS) is 11.6. The fraction of sp³-hybridized carbons (Fsp3) is 0.105. The Morgan fingerprint density at radius 2 is 1.76 bits per heavy atom. The maximum absolute atomic E-state index is 12.3. The van der Waals surface area contributed by atoms with Crippen molar-refractivity contribution in [1.82, 2.24) is 15.3 Å². The molecular formula is C19H17ClN4O. The number of nitrogens with zero attached hydrogens (tertiary/aromatic N) is 2. The van der Waals surface area contributed by atoms with Crippen molar-refractivity contribution in [2.75, 3.05) is 5.32 Å². The van der Waals surface area contributed by atoms with Gasteiger partial charge >= 0.3 is 0 Å². The summed E-state index contributed by atoms with van der Waals surface area (Å²) < 4.78 is 0. The smallest absolute Gasteiger partial charge is 0.254 e. The van der Waals surface area contributed by atoms with Crippen molar-refractivity contribution in [2.45, 2.75) is 13.0 Å². The molecule has 1 amide bonds. The minimum atomic E-state index is -0.217. The number of nitrogens with one attached hydrogen (secondary N) is 2. The van der Waals surface area contributed by atoms with Crippen molar-refractivity contribution in [2.24, 2.45) is 0 Å². The SMILES string of the molecule is CC(NC(=O)c1cnc(Nc2cccc(Cl)c2)nc1)c1ccccc1. The Labute approximate surface area is 151 Å². The fourth-order valence-electron chi connectivity index (χ4n) is 2.31. The third-order valence-corrected chi connectivity index (χ3v) is 3.88. The van der Waals surface area contributed by atoms with Gasteiger partial charge in [-0.15, -0.1) is 0 Å². The predicted molar refractivity (Wildman–Crippen MR) is 99.1 cm³/mol. The van der Waals surface area contributed by atoms with E-state index in [1.807, 2.05) is 49.4 Å². The second-order valence-electron chi connectivity index (χ2n) is 5.54. The molecule has 126 valence electrons. The highest BCUT2D eigenvalue weighted by atomic mass is 35.5. The van der Waals surface area contributed by atoms with Gasteiger partial charge in [0.25, 0.3) is 5.91 Å². The highest BCUT2D eigenvalue weighted by Gasteiger charge is 2.12. The van der Waals surface area contributed by atoms with Crippen LogP contribution in [0.15, 0.2) is 67.0 Å². The Balaban J connectivity index is 1.64. The van der Waals surface area contributed by atoms with E-state index in [1.54, 1.807) is 12.1 Å².